The lowest BCUT2D eigenvalue weighted by Gasteiger charge is -2.14. The Bertz CT molecular complexity index is 740. The molecular formula is C18H20ClFN2O3. The second kappa shape index (κ2) is 9.13. The maximum Gasteiger partial charge on any atom is 0.239 e. The van der Waals surface area contributed by atoms with Crippen LogP contribution in [0.3, 0.4) is 0 Å². The summed E-state index contributed by atoms with van der Waals surface area (Å²) in [6.45, 7) is 0.390. The summed E-state index contributed by atoms with van der Waals surface area (Å²) in [6.07, 6.45) is 0.427. The summed E-state index contributed by atoms with van der Waals surface area (Å²) in [6, 6.07) is 9.77. The first-order chi connectivity index (χ1) is 12.0. The molecule has 0 aliphatic carbocycles. The molecule has 0 aliphatic heterocycles. The zero-order valence-electron chi connectivity index (χ0n) is 14.1. The van der Waals surface area contributed by atoms with Gasteiger partial charge < -0.3 is 20.1 Å². The number of halogens is 2. The van der Waals surface area contributed by atoms with Gasteiger partial charge in [0.2, 0.25) is 5.91 Å². The Balaban J connectivity index is 1.86. The highest BCUT2D eigenvalue weighted by molar-refractivity contribution is 6.32. The van der Waals surface area contributed by atoms with Gasteiger partial charge in [0.25, 0.3) is 0 Å². The first kappa shape index (κ1) is 18.9. The molecule has 2 rings (SSSR count). The van der Waals surface area contributed by atoms with Crippen LogP contribution in [0.1, 0.15) is 5.56 Å². The number of amides is 1. The number of carbonyl (C=O) groups is 1. The van der Waals surface area contributed by atoms with Gasteiger partial charge in [0, 0.05) is 18.7 Å². The van der Waals surface area contributed by atoms with E-state index in [9.17, 15) is 9.18 Å². The van der Waals surface area contributed by atoms with E-state index < -0.39 is 0 Å². The van der Waals surface area contributed by atoms with Crippen LogP contribution in [0.15, 0.2) is 36.4 Å². The van der Waals surface area contributed by atoms with E-state index in [4.69, 9.17) is 21.1 Å². The summed E-state index contributed by atoms with van der Waals surface area (Å²) in [5, 5.41) is 6.13. The van der Waals surface area contributed by atoms with Crippen LogP contribution in [-0.2, 0) is 11.2 Å². The number of methoxy groups -OCH3 is 2. The van der Waals surface area contributed by atoms with Crippen molar-refractivity contribution in [1.82, 2.24) is 5.32 Å². The molecule has 25 heavy (non-hydrogen) atoms. The molecule has 0 aliphatic rings. The fourth-order valence-electron chi connectivity index (χ4n) is 2.27. The van der Waals surface area contributed by atoms with E-state index in [-0.39, 0.29) is 18.3 Å². The third kappa shape index (κ3) is 5.26. The first-order valence-electron chi connectivity index (χ1n) is 7.70. The quantitative estimate of drug-likeness (QED) is 0.752. The maximum atomic E-state index is 13.5. The van der Waals surface area contributed by atoms with E-state index in [1.165, 1.54) is 20.3 Å². The van der Waals surface area contributed by atoms with Gasteiger partial charge in [0.05, 0.1) is 31.5 Å². The lowest BCUT2D eigenvalue weighted by atomic mass is 10.1. The molecule has 2 aromatic carbocycles. The predicted octanol–water partition coefficient (Wildman–Crippen LogP) is 3.27. The number of benzene rings is 2. The number of rotatable bonds is 8. The Morgan fingerprint density at radius 1 is 1.16 bits per heavy atom. The van der Waals surface area contributed by atoms with Gasteiger partial charge in [0.1, 0.15) is 17.3 Å². The lowest BCUT2D eigenvalue weighted by molar-refractivity contribution is -0.119. The van der Waals surface area contributed by atoms with Gasteiger partial charge in [-0.2, -0.15) is 0 Å². The number of ether oxygens (including phenoxy) is 2. The third-order valence-corrected chi connectivity index (χ3v) is 3.88. The number of hydrogen-bond acceptors (Lipinski definition) is 4. The van der Waals surface area contributed by atoms with E-state index >= 15 is 0 Å². The molecule has 0 bridgehead atoms. The van der Waals surface area contributed by atoms with Gasteiger partial charge >= 0.3 is 0 Å². The molecule has 0 saturated carbocycles. The van der Waals surface area contributed by atoms with E-state index in [1.54, 1.807) is 30.3 Å². The Morgan fingerprint density at radius 3 is 2.56 bits per heavy atom. The van der Waals surface area contributed by atoms with E-state index in [0.717, 1.165) is 0 Å². The summed E-state index contributed by atoms with van der Waals surface area (Å²) in [4.78, 5) is 11.9. The van der Waals surface area contributed by atoms with Gasteiger partial charge in [-0.05, 0) is 18.1 Å². The summed E-state index contributed by atoms with van der Waals surface area (Å²) < 4.78 is 23.9. The highest BCUT2D eigenvalue weighted by Gasteiger charge is 2.11. The zero-order valence-corrected chi connectivity index (χ0v) is 14.8. The summed E-state index contributed by atoms with van der Waals surface area (Å²) in [5.74, 6) is 0.495. The van der Waals surface area contributed by atoms with Gasteiger partial charge in [-0.1, -0.05) is 29.8 Å². The van der Waals surface area contributed by atoms with Crippen molar-refractivity contribution >= 4 is 23.2 Å². The average molecular weight is 367 g/mol. The van der Waals surface area contributed by atoms with Crippen LogP contribution < -0.4 is 20.1 Å². The molecule has 2 aromatic rings. The topological polar surface area (TPSA) is 59.6 Å². The molecule has 5 nitrogen and oxygen atoms in total. The number of hydrogen-bond donors (Lipinski definition) is 2. The largest absolute Gasteiger partial charge is 0.495 e. The van der Waals surface area contributed by atoms with Crippen LogP contribution in [-0.4, -0.2) is 33.2 Å². The second-order valence-electron chi connectivity index (χ2n) is 5.23. The Labute approximate surface area is 151 Å². The smallest absolute Gasteiger partial charge is 0.239 e. The Kier molecular flexibility index (Phi) is 6.89. The lowest BCUT2D eigenvalue weighted by Crippen LogP contribution is -2.31. The van der Waals surface area contributed by atoms with Gasteiger partial charge in [-0.25, -0.2) is 4.39 Å². The van der Waals surface area contributed by atoms with Crippen LogP contribution in [0.25, 0.3) is 0 Å². The molecule has 0 fully saturated rings. The minimum absolute atomic E-state index is 0.0401. The molecule has 1 amide bonds. The molecule has 2 N–H and O–H groups in total. The molecule has 0 aromatic heterocycles. The molecule has 0 unspecified atom stereocenters. The second-order valence-corrected chi connectivity index (χ2v) is 5.64. The number of carbonyl (C=O) groups excluding carboxylic acids is 1. The third-order valence-electron chi connectivity index (χ3n) is 3.59. The van der Waals surface area contributed by atoms with E-state index in [0.29, 0.717) is 40.7 Å². The summed E-state index contributed by atoms with van der Waals surface area (Å²) in [7, 11) is 3.02. The molecule has 0 radical (unpaired) electrons. The van der Waals surface area contributed by atoms with Crippen LogP contribution in [0.4, 0.5) is 10.1 Å². The first-order valence-corrected chi connectivity index (χ1v) is 8.08. The van der Waals surface area contributed by atoms with E-state index in [2.05, 4.69) is 10.6 Å². The Morgan fingerprint density at radius 2 is 1.88 bits per heavy atom. The molecule has 7 heteroatoms. The van der Waals surface area contributed by atoms with Crippen molar-refractivity contribution in [3.63, 3.8) is 0 Å². The Hall–Kier alpha value is -2.47. The molecule has 134 valence electrons. The summed E-state index contributed by atoms with van der Waals surface area (Å²) >= 11 is 6.04. The minimum Gasteiger partial charge on any atom is -0.495 e. The van der Waals surface area contributed by atoms with Crippen LogP contribution in [0.2, 0.25) is 5.02 Å². The molecule has 0 heterocycles. The van der Waals surface area contributed by atoms with Crippen molar-refractivity contribution in [2.45, 2.75) is 6.42 Å². The van der Waals surface area contributed by atoms with Gasteiger partial charge in [-0.15, -0.1) is 0 Å². The fraction of sp³-hybridized carbons (Fsp3) is 0.278. The zero-order chi connectivity index (χ0) is 18.2. The fourth-order valence-corrected chi connectivity index (χ4v) is 2.51. The standard InChI is InChI=1S/C18H20ClFN2O3/c1-24-16-10-15(17(25-2)9-13(16)19)22-11-18(23)21-8-7-12-5-3-4-6-14(12)20/h3-6,9-10,22H,7-8,11H2,1-2H3,(H,21,23). The van der Waals surface area contributed by atoms with Crippen molar-refractivity contribution < 1.29 is 18.7 Å². The van der Waals surface area contributed by atoms with Gasteiger partial charge in [0.15, 0.2) is 0 Å². The average Bonchev–Trinajstić information content (AvgIpc) is 2.62. The molecular weight excluding hydrogens is 347 g/mol. The van der Waals surface area contributed by atoms with Crippen LogP contribution >= 0.6 is 11.6 Å². The van der Waals surface area contributed by atoms with Gasteiger partial charge in [-0.3, -0.25) is 4.79 Å². The minimum atomic E-state index is -0.270. The monoisotopic (exact) mass is 366 g/mol. The SMILES string of the molecule is COc1cc(NCC(=O)NCCc2ccccc2F)c(OC)cc1Cl. The highest BCUT2D eigenvalue weighted by Crippen LogP contribution is 2.35. The summed E-state index contributed by atoms with van der Waals surface area (Å²) in [5.41, 5.74) is 1.16. The predicted molar refractivity (Wildman–Crippen MR) is 96.2 cm³/mol. The van der Waals surface area contributed by atoms with Crippen molar-refractivity contribution in [2.75, 3.05) is 32.6 Å². The normalized spacial score (nSPS) is 10.2. The van der Waals surface area contributed by atoms with Crippen molar-refractivity contribution in [3.8, 4) is 11.5 Å². The maximum absolute atomic E-state index is 13.5. The van der Waals surface area contributed by atoms with Crippen molar-refractivity contribution in [1.29, 1.82) is 0 Å². The van der Waals surface area contributed by atoms with Crippen molar-refractivity contribution in [3.05, 3.63) is 52.8 Å². The van der Waals surface area contributed by atoms with Crippen molar-refractivity contribution in [2.24, 2.45) is 0 Å². The molecule has 0 atom stereocenters. The highest BCUT2D eigenvalue weighted by atomic mass is 35.5. The van der Waals surface area contributed by atoms with Crippen LogP contribution in [0.5, 0.6) is 11.5 Å². The molecule has 0 saturated heterocycles. The molecule has 0 spiro atoms. The number of anilines is 1. The van der Waals surface area contributed by atoms with E-state index in [1.807, 2.05) is 0 Å². The number of nitrogens with one attached hydrogen (secondary N) is 2. The van der Waals surface area contributed by atoms with Crippen LogP contribution in [0, 0.1) is 5.82 Å².